The van der Waals surface area contributed by atoms with Gasteiger partial charge in [0.2, 0.25) is 0 Å². The first-order chi connectivity index (χ1) is 7.25. The summed E-state index contributed by atoms with van der Waals surface area (Å²) in [5.41, 5.74) is 8.56. The third-order valence-electron chi connectivity index (χ3n) is 2.32. The Morgan fingerprint density at radius 3 is 2.67 bits per heavy atom. The Morgan fingerprint density at radius 1 is 1.33 bits per heavy atom. The van der Waals surface area contributed by atoms with Gasteiger partial charge in [-0.25, -0.2) is 0 Å². The molecule has 2 N–H and O–H groups in total. The molecule has 3 nitrogen and oxygen atoms in total. The smallest absolute Gasteiger partial charge is 0.0669 e. The van der Waals surface area contributed by atoms with E-state index in [4.69, 9.17) is 5.73 Å². The van der Waals surface area contributed by atoms with Gasteiger partial charge in [0.1, 0.15) is 0 Å². The van der Waals surface area contributed by atoms with E-state index in [9.17, 15) is 0 Å². The molecule has 0 amide bonds. The fourth-order valence-electron chi connectivity index (χ4n) is 1.42. The minimum absolute atomic E-state index is 0.00714. The number of hydrogen-bond donors (Lipinski definition) is 1. The molecule has 15 heavy (non-hydrogen) atoms. The van der Waals surface area contributed by atoms with Crippen LogP contribution in [0.15, 0.2) is 30.5 Å². The molecule has 0 saturated carbocycles. The normalized spacial score (nSPS) is 12.7. The first-order valence-corrected chi connectivity index (χ1v) is 5.61. The Kier molecular flexibility index (Phi) is 3.08. The second-order valence-corrected chi connectivity index (χ2v) is 4.43. The van der Waals surface area contributed by atoms with E-state index in [2.05, 4.69) is 40.8 Å². The third-order valence-corrected chi connectivity index (χ3v) is 3.11. The zero-order chi connectivity index (χ0) is 10.7. The number of nitrogens with two attached hydrogens (primary N) is 1. The minimum atomic E-state index is 0.00714. The number of aryl methyl sites for hydroxylation is 1. The van der Waals surface area contributed by atoms with E-state index in [0.29, 0.717) is 0 Å². The SMILES string of the molecule is Cc1ccc(CC(N)c2cnns2)cc1. The summed E-state index contributed by atoms with van der Waals surface area (Å²) in [7, 11) is 0. The number of aromatic nitrogens is 2. The Balaban J connectivity index is 2.06. The van der Waals surface area contributed by atoms with Gasteiger partial charge in [0.15, 0.2) is 0 Å². The van der Waals surface area contributed by atoms with Crippen molar-refractivity contribution in [1.82, 2.24) is 9.59 Å². The lowest BCUT2D eigenvalue weighted by atomic mass is 10.0. The molecule has 1 aromatic carbocycles. The zero-order valence-electron chi connectivity index (χ0n) is 8.55. The Bertz CT molecular complexity index is 408. The van der Waals surface area contributed by atoms with E-state index in [0.717, 1.165) is 11.3 Å². The molecule has 1 heterocycles. The van der Waals surface area contributed by atoms with Gasteiger partial charge in [-0.05, 0) is 30.4 Å². The topological polar surface area (TPSA) is 51.8 Å². The van der Waals surface area contributed by atoms with E-state index >= 15 is 0 Å². The molecule has 0 aliphatic heterocycles. The van der Waals surface area contributed by atoms with Gasteiger partial charge < -0.3 is 5.73 Å². The highest BCUT2D eigenvalue weighted by Gasteiger charge is 2.09. The maximum absolute atomic E-state index is 6.04. The van der Waals surface area contributed by atoms with Crippen molar-refractivity contribution in [2.45, 2.75) is 19.4 Å². The van der Waals surface area contributed by atoms with E-state index in [1.54, 1.807) is 6.20 Å². The highest BCUT2D eigenvalue weighted by atomic mass is 32.1. The molecule has 4 heteroatoms. The average Bonchev–Trinajstić information content (AvgIpc) is 2.74. The highest BCUT2D eigenvalue weighted by molar-refractivity contribution is 7.05. The van der Waals surface area contributed by atoms with Crippen LogP contribution < -0.4 is 5.73 Å². The van der Waals surface area contributed by atoms with Crippen molar-refractivity contribution in [1.29, 1.82) is 0 Å². The van der Waals surface area contributed by atoms with Crippen molar-refractivity contribution < 1.29 is 0 Å². The van der Waals surface area contributed by atoms with Crippen LogP contribution in [-0.2, 0) is 6.42 Å². The van der Waals surface area contributed by atoms with Crippen molar-refractivity contribution in [3.63, 3.8) is 0 Å². The van der Waals surface area contributed by atoms with E-state index in [-0.39, 0.29) is 6.04 Å². The van der Waals surface area contributed by atoms with Crippen LogP contribution in [0.3, 0.4) is 0 Å². The molecule has 2 rings (SSSR count). The number of nitrogens with zero attached hydrogens (tertiary/aromatic N) is 2. The monoisotopic (exact) mass is 219 g/mol. The van der Waals surface area contributed by atoms with Crippen LogP contribution in [-0.4, -0.2) is 9.59 Å². The number of rotatable bonds is 3. The second-order valence-electron chi connectivity index (χ2n) is 3.62. The van der Waals surface area contributed by atoms with Gasteiger partial charge in [0, 0.05) is 6.04 Å². The molecular weight excluding hydrogens is 206 g/mol. The molecule has 78 valence electrons. The molecule has 0 aliphatic rings. The first kappa shape index (κ1) is 10.3. The maximum atomic E-state index is 6.04. The molecule has 0 spiro atoms. The summed E-state index contributed by atoms with van der Waals surface area (Å²) in [4.78, 5) is 1.04. The molecule has 2 aromatic rings. The predicted molar refractivity (Wildman–Crippen MR) is 61.7 cm³/mol. The lowest BCUT2D eigenvalue weighted by Gasteiger charge is -2.08. The largest absolute Gasteiger partial charge is 0.323 e. The van der Waals surface area contributed by atoms with Gasteiger partial charge in [-0.3, -0.25) is 0 Å². The summed E-state index contributed by atoms with van der Waals surface area (Å²) in [5.74, 6) is 0. The average molecular weight is 219 g/mol. The van der Waals surface area contributed by atoms with E-state index in [1.165, 1.54) is 22.7 Å². The van der Waals surface area contributed by atoms with Crippen LogP contribution in [0.5, 0.6) is 0 Å². The summed E-state index contributed by atoms with van der Waals surface area (Å²) >= 11 is 1.37. The van der Waals surface area contributed by atoms with Crippen molar-refractivity contribution in [3.8, 4) is 0 Å². The van der Waals surface area contributed by atoms with Crippen LogP contribution in [0, 0.1) is 6.92 Å². The zero-order valence-corrected chi connectivity index (χ0v) is 9.37. The lowest BCUT2D eigenvalue weighted by Crippen LogP contribution is -2.11. The maximum Gasteiger partial charge on any atom is 0.0669 e. The van der Waals surface area contributed by atoms with Crippen LogP contribution in [0.25, 0.3) is 0 Å². The highest BCUT2D eigenvalue weighted by Crippen LogP contribution is 2.17. The van der Waals surface area contributed by atoms with Crippen molar-refractivity contribution >= 4 is 11.5 Å². The Labute approximate surface area is 93.1 Å². The third kappa shape index (κ3) is 2.61. The Morgan fingerprint density at radius 2 is 2.07 bits per heavy atom. The number of benzene rings is 1. The van der Waals surface area contributed by atoms with Crippen LogP contribution in [0.1, 0.15) is 22.0 Å². The molecule has 1 atom stereocenters. The minimum Gasteiger partial charge on any atom is -0.323 e. The van der Waals surface area contributed by atoms with Crippen LogP contribution in [0.4, 0.5) is 0 Å². The van der Waals surface area contributed by atoms with Gasteiger partial charge in [-0.15, -0.1) is 5.10 Å². The standard InChI is InChI=1S/C11H13N3S/c1-8-2-4-9(5-3-8)6-10(12)11-7-13-14-15-11/h2-5,7,10H,6,12H2,1H3. The fourth-order valence-corrected chi connectivity index (χ4v) is 1.92. The molecular formula is C11H13N3S. The summed E-state index contributed by atoms with van der Waals surface area (Å²) in [6, 6.07) is 8.44. The van der Waals surface area contributed by atoms with E-state index < -0.39 is 0 Å². The van der Waals surface area contributed by atoms with Gasteiger partial charge in [0.25, 0.3) is 0 Å². The number of hydrogen-bond acceptors (Lipinski definition) is 4. The predicted octanol–water partition coefficient (Wildman–Crippen LogP) is 2.09. The Hall–Kier alpha value is -1.26. The summed E-state index contributed by atoms with van der Waals surface area (Å²) < 4.78 is 3.81. The lowest BCUT2D eigenvalue weighted by molar-refractivity contribution is 0.734. The van der Waals surface area contributed by atoms with Crippen molar-refractivity contribution in [2.75, 3.05) is 0 Å². The molecule has 0 fully saturated rings. The molecule has 0 bridgehead atoms. The summed E-state index contributed by atoms with van der Waals surface area (Å²) in [6.07, 6.45) is 2.58. The summed E-state index contributed by atoms with van der Waals surface area (Å²) in [5, 5.41) is 3.79. The van der Waals surface area contributed by atoms with Gasteiger partial charge in [-0.1, -0.05) is 34.3 Å². The molecule has 0 aliphatic carbocycles. The molecule has 1 aromatic heterocycles. The van der Waals surface area contributed by atoms with Gasteiger partial charge in [-0.2, -0.15) is 0 Å². The van der Waals surface area contributed by atoms with Crippen LogP contribution in [0.2, 0.25) is 0 Å². The van der Waals surface area contributed by atoms with Crippen molar-refractivity contribution in [2.24, 2.45) is 5.73 Å². The van der Waals surface area contributed by atoms with E-state index in [1.807, 2.05) is 0 Å². The molecule has 1 unspecified atom stereocenters. The first-order valence-electron chi connectivity index (χ1n) is 4.84. The molecule has 0 radical (unpaired) electrons. The second kappa shape index (κ2) is 4.51. The van der Waals surface area contributed by atoms with Gasteiger partial charge in [0.05, 0.1) is 11.1 Å². The molecule has 0 saturated heterocycles. The van der Waals surface area contributed by atoms with Crippen LogP contribution >= 0.6 is 11.5 Å². The van der Waals surface area contributed by atoms with Crippen molar-refractivity contribution in [3.05, 3.63) is 46.5 Å². The quantitative estimate of drug-likeness (QED) is 0.860. The summed E-state index contributed by atoms with van der Waals surface area (Å²) in [6.45, 7) is 2.08. The van der Waals surface area contributed by atoms with Gasteiger partial charge >= 0.3 is 0 Å². The fraction of sp³-hybridized carbons (Fsp3) is 0.273.